The fourth-order valence-corrected chi connectivity index (χ4v) is 2.67. The molecule has 4 rings (SSSR count). The number of carbonyl (C=O) groups excluding carboxylic acids is 2. The molecule has 3 saturated heterocycles. The predicted octanol–water partition coefficient (Wildman–Crippen LogP) is 0.0785. The molecule has 0 N–H and O–H groups in total. The summed E-state index contributed by atoms with van der Waals surface area (Å²) < 4.78 is 4.77. The van der Waals surface area contributed by atoms with Gasteiger partial charge in [0, 0.05) is 59.1 Å². The third-order valence-electron chi connectivity index (χ3n) is 4.04. The molecule has 4 aliphatic rings. The number of hydrogen-bond donors (Lipinski definition) is 0. The zero-order valence-corrected chi connectivity index (χ0v) is 14.7. The minimum Gasteiger partial charge on any atom is -0.385 e. The molecule has 0 saturated carbocycles. The van der Waals surface area contributed by atoms with Crippen molar-refractivity contribution >= 4 is 20.8 Å². The van der Waals surface area contributed by atoms with Gasteiger partial charge in [0.2, 0.25) is 11.6 Å². The van der Waals surface area contributed by atoms with Crippen LogP contribution in [-0.4, -0.2) is 85.4 Å². The Morgan fingerprint density at radius 3 is 2.00 bits per heavy atom. The van der Waals surface area contributed by atoms with E-state index in [1.165, 1.54) is 6.08 Å². The van der Waals surface area contributed by atoms with Gasteiger partial charge in [-0.3, -0.25) is 9.59 Å². The van der Waals surface area contributed by atoms with Crippen LogP contribution in [0.4, 0.5) is 0 Å². The molecule has 0 aromatic carbocycles. The number of methoxy groups -OCH3 is 1. The monoisotopic (exact) mass is 337 g/mol. The van der Waals surface area contributed by atoms with Gasteiger partial charge in [-0.15, -0.1) is 9.24 Å². The molecule has 0 radical (unpaired) electrons. The van der Waals surface area contributed by atoms with Crippen molar-refractivity contribution in [3.05, 3.63) is 23.2 Å². The number of Topliss-reactive ketones (excluding diaryl/α,β-unsaturated/α-hetero) is 1. The molecule has 3 aliphatic heterocycles. The minimum atomic E-state index is 0.00546. The van der Waals surface area contributed by atoms with Gasteiger partial charge in [0.1, 0.15) is 11.4 Å². The van der Waals surface area contributed by atoms with Gasteiger partial charge < -0.3 is 19.4 Å². The Hall–Kier alpha value is -1.39. The van der Waals surface area contributed by atoms with E-state index in [2.05, 4.69) is 9.24 Å². The zero-order chi connectivity index (χ0) is 16.4. The Bertz CT molecular complexity index is 557. The second kappa shape index (κ2) is 7.02. The number of hydrogen-bond acceptors (Lipinski definition) is 6. The first kappa shape index (κ1) is 16.5. The maximum Gasteiger partial charge on any atom is 0.227 e. The number of ether oxygens (including phenoxy) is 1. The Morgan fingerprint density at radius 1 is 1.00 bits per heavy atom. The Labute approximate surface area is 139 Å². The standard InChI is InChI=1S/C12H13N3O2.C4H11OP/c16-9-7-8(13-1-2-13)12(17)11(15-5-6-15)10(9)14-3-4-14;1-5-3-2-4-6/h7H,1-6H2;2-4,6H2,1H3. The smallest absolute Gasteiger partial charge is 0.227 e. The van der Waals surface area contributed by atoms with Crippen LogP contribution < -0.4 is 0 Å². The van der Waals surface area contributed by atoms with E-state index in [0.29, 0.717) is 17.1 Å². The second-order valence-corrected chi connectivity index (χ2v) is 6.59. The lowest BCUT2D eigenvalue weighted by molar-refractivity contribution is -0.117. The number of ketones is 2. The fraction of sp³-hybridized carbons (Fsp3) is 0.625. The normalized spacial score (nSPS) is 22.0. The molecular formula is C16H24N3O3P. The van der Waals surface area contributed by atoms with Crippen molar-refractivity contribution in [2.75, 3.05) is 59.1 Å². The predicted molar refractivity (Wildman–Crippen MR) is 90.9 cm³/mol. The lowest BCUT2D eigenvalue weighted by atomic mass is 10.0. The highest BCUT2D eigenvalue weighted by atomic mass is 31.0. The van der Waals surface area contributed by atoms with Gasteiger partial charge in [-0.2, -0.15) is 0 Å². The first-order chi connectivity index (χ1) is 11.2. The van der Waals surface area contributed by atoms with Crippen LogP contribution in [0.1, 0.15) is 6.42 Å². The van der Waals surface area contributed by atoms with E-state index in [1.54, 1.807) is 7.11 Å². The quantitative estimate of drug-likeness (QED) is 0.296. The SMILES string of the molecule is COCCCP.O=C1C=C(N2CC2)C(=O)C(N2CC2)=C1N1CC1. The van der Waals surface area contributed by atoms with Crippen LogP contribution in [0.5, 0.6) is 0 Å². The molecule has 0 aromatic heterocycles. The van der Waals surface area contributed by atoms with Crippen LogP contribution in [0.15, 0.2) is 23.2 Å². The summed E-state index contributed by atoms with van der Waals surface area (Å²) in [5.41, 5.74) is 1.89. The van der Waals surface area contributed by atoms with Gasteiger partial charge in [-0.1, -0.05) is 0 Å². The molecule has 126 valence electrons. The molecule has 7 heteroatoms. The van der Waals surface area contributed by atoms with E-state index in [4.69, 9.17) is 4.74 Å². The van der Waals surface area contributed by atoms with Gasteiger partial charge in [0.25, 0.3) is 0 Å². The molecular weight excluding hydrogens is 313 g/mol. The molecule has 0 amide bonds. The average molecular weight is 337 g/mol. The highest BCUT2D eigenvalue weighted by Gasteiger charge is 2.43. The van der Waals surface area contributed by atoms with E-state index in [0.717, 1.165) is 58.5 Å². The summed E-state index contributed by atoms with van der Waals surface area (Å²) in [6, 6.07) is 0. The van der Waals surface area contributed by atoms with Crippen molar-refractivity contribution in [3.63, 3.8) is 0 Å². The van der Waals surface area contributed by atoms with Crippen molar-refractivity contribution in [1.29, 1.82) is 0 Å². The molecule has 0 spiro atoms. The van der Waals surface area contributed by atoms with Crippen molar-refractivity contribution in [3.8, 4) is 0 Å². The third kappa shape index (κ3) is 3.93. The summed E-state index contributed by atoms with van der Waals surface area (Å²) in [5.74, 6) is 0.0485. The van der Waals surface area contributed by atoms with E-state index in [9.17, 15) is 9.59 Å². The molecule has 3 heterocycles. The summed E-state index contributed by atoms with van der Waals surface area (Å²) >= 11 is 0. The highest BCUT2D eigenvalue weighted by Crippen LogP contribution is 2.33. The minimum absolute atomic E-state index is 0.00546. The zero-order valence-electron chi connectivity index (χ0n) is 13.6. The number of carbonyl (C=O) groups is 2. The maximum absolute atomic E-state index is 12.4. The fourth-order valence-electron chi connectivity index (χ4n) is 2.50. The number of rotatable bonds is 6. The topological polar surface area (TPSA) is 52.4 Å². The molecule has 23 heavy (non-hydrogen) atoms. The lowest BCUT2D eigenvalue weighted by Crippen LogP contribution is -2.29. The summed E-state index contributed by atoms with van der Waals surface area (Å²) in [6.07, 6.45) is 3.82. The van der Waals surface area contributed by atoms with Gasteiger partial charge >= 0.3 is 0 Å². The van der Waals surface area contributed by atoms with Crippen LogP contribution in [0.3, 0.4) is 0 Å². The van der Waals surface area contributed by atoms with E-state index in [-0.39, 0.29) is 11.6 Å². The Balaban J connectivity index is 0.000000227. The summed E-state index contributed by atoms with van der Waals surface area (Å²) in [5, 5.41) is 0. The van der Waals surface area contributed by atoms with Gasteiger partial charge in [-0.05, 0) is 12.6 Å². The van der Waals surface area contributed by atoms with Crippen molar-refractivity contribution < 1.29 is 14.3 Å². The highest BCUT2D eigenvalue weighted by molar-refractivity contribution is 7.16. The summed E-state index contributed by atoms with van der Waals surface area (Å²) in [7, 11) is 4.37. The molecule has 1 atom stereocenters. The number of allylic oxidation sites excluding steroid dienone is 1. The molecule has 0 bridgehead atoms. The van der Waals surface area contributed by atoms with Gasteiger partial charge in [-0.25, -0.2) is 0 Å². The van der Waals surface area contributed by atoms with Crippen LogP contribution in [-0.2, 0) is 14.3 Å². The summed E-state index contributed by atoms with van der Waals surface area (Å²) in [6.45, 7) is 6.30. The van der Waals surface area contributed by atoms with E-state index >= 15 is 0 Å². The van der Waals surface area contributed by atoms with Crippen LogP contribution in [0, 0.1) is 0 Å². The van der Waals surface area contributed by atoms with Crippen molar-refractivity contribution in [2.45, 2.75) is 6.42 Å². The molecule has 1 unspecified atom stereocenters. The van der Waals surface area contributed by atoms with Crippen LogP contribution >= 0.6 is 9.24 Å². The van der Waals surface area contributed by atoms with E-state index in [1.807, 2.05) is 14.7 Å². The molecule has 1 aliphatic carbocycles. The Morgan fingerprint density at radius 2 is 1.57 bits per heavy atom. The van der Waals surface area contributed by atoms with Gasteiger partial charge in [0.05, 0.1) is 5.70 Å². The summed E-state index contributed by atoms with van der Waals surface area (Å²) in [4.78, 5) is 30.5. The molecule has 6 nitrogen and oxygen atoms in total. The van der Waals surface area contributed by atoms with Crippen LogP contribution in [0.25, 0.3) is 0 Å². The number of nitrogens with zero attached hydrogens (tertiary/aromatic N) is 3. The first-order valence-electron chi connectivity index (χ1n) is 8.16. The Kier molecular flexibility index (Phi) is 5.02. The molecule has 3 fully saturated rings. The van der Waals surface area contributed by atoms with Gasteiger partial charge in [0.15, 0.2) is 0 Å². The van der Waals surface area contributed by atoms with Crippen molar-refractivity contribution in [1.82, 2.24) is 14.7 Å². The first-order valence-corrected chi connectivity index (χ1v) is 8.98. The molecule has 0 aromatic rings. The lowest BCUT2D eigenvalue weighted by Gasteiger charge is -2.21. The average Bonchev–Trinajstić information content (AvgIpc) is 3.41. The van der Waals surface area contributed by atoms with E-state index < -0.39 is 0 Å². The van der Waals surface area contributed by atoms with Crippen LogP contribution in [0.2, 0.25) is 0 Å². The largest absolute Gasteiger partial charge is 0.385 e. The maximum atomic E-state index is 12.4. The van der Waals surface area contributed by atoms with Crippen molar-refractivity contribution in [2.24, 2.45) is 0 Å². The second-order valence-electron chi connectivity index (χ2n) is 6.02. The third-order valence-corrected chi connectivity index (χ3v) is 4.45.